The predicted molar refractivity (Wildman–Crippen MR) is 471 cm³/mol. The number of anilines is 9. The molecule has 3 nitrogen and oxygen atoms in total. The van der Waals surface area contributed by atoms with E-state index in [0.29, 0.717) is 0 Å². The Labute approximate surface area is 643 Å². The molecule has 0 aliphatic carbocycles. The molecule has 19 rings (SSSR count). The molecule has 0 N–H and O–H groups in total. The molecule has 2 aliphatic heterocycles. The molecule has 0 atom stereocenters. The normalized spacial score (nSPS) is 12.3. The monoisotopic (exact) mass is 1440 g/mol. The summed E-state index contributed by atoms with van der Waals surface area (Å²) < 4.78 is 0. The van der Waals surface area contributed by atoms with E-state index in [2.05, 4.69) is 476 Å². The second-order valence-electron chi connectivity index (χ2n) is 28.6. The van der Waals surface area contributed by atoms with Crippen LogP contribution in [-0.2, 0) is 0 Å². The lowest BCUT2D eigenvalue weighted by atomic mass is 9.33. The standard InChI is InChI=1S/C102H76BN3Si3/c1-13-39-77(40-14-1)78-67-69-96-98(71-78)105(81-45-37-65-93(72-81)107(84-47-19-4-20-48-84,85-49-21-5-22-50-85)86-51-23-6-24-52-86)100-74-83(104(79-41-15-2-16-42-79)80-43-17-3-18-44-80)75-101-102(100)103(96)97-70-68-95(109(90-59-31-10-32-60-90,91-61-33-11-34-62-91)92-63-35-12-36-64-92)76-99(97)106(101)82-46-38-66-94(73-82)108(87-53-25-7-26-54-87,88-55-27-8-28-56-88)89-57-29-9-30-58-89/h1-76H. The predicted octanol–water partition coefficient (Wildman–Crippen LogP) is 15.0. The Bertz CT molecular complexity index is 5710. The van der Waals surface area contributed by atoms with Crippen LogP contribution in [0.25, 0.3) is 11.1 Å². The molecule has 0 fully saturated rings. The lowest BCUT2D eigenvalue weighted by molar-refractivity contribution is 1.23. The van der Waals surface area contributed by atoms with Crippen LogP contribution in [0.2, 0.25) is 0 Å². The lowest BCUT2D eigenvalue weighted by Gasteiger charge is -2.46. The van der Waals surface area contributed by atoms with E-state index in [9.17, 15) is 0 Å². The van der Waals surface area contributed by atoms with Gasteiger partial charge in [-0.3, -0.25) is 0 Å². The Kier molecular flexibility index (Phi) is 17.5. The number of fused-ring (bicyclic) bond motifs is 4. The van der Waals surface area contributed by atoms with Crippen molar-refractivity contribution in [2.24, 2.45) is 0 Å². The van der Waals surface area contributed by atoms with Gasteiger partial charge in [0.15, 0.2) is 24.2 Å². The largest absolute Gasteiger partial charge is 0.311 e. The van der Waals surface area contributed by atoms with Crippen molar-refractivity contribution in [3.05, 3.63) is 461 Å². The molecule has 0 spiro atoms. The summed E-state index contributed by atoms with van der Waals surface area (Å²) >= 11 is 0. The summed E-state index contributed by atoms with van der Waals surface area (Å²) in [5.41, 5.74) is 15.8. The molecule has 0 aromatic heterocycles. The number of nitrogens with zero attached hydrogens (tertiary/aromatic N) is 3. The molecular weight excluding hydrogens is 1360 g/mol. The molecule has 0 saturated carbocycles. The second kappa shape index (κ2) is 28.6. The minimum absolute atomic E-state index is 0.247. The van der Waals surface area contributed by atoms with Gasteiger partial charge in [0.05, 0.1) is 5.69 Å². The topological polar surface area (TPSA) is 9.72 Å². The Morgan fingerprint density at radius 2 is 0.450 bits per heavy atom. The maximum Gasteiger partial charge on any atom is 0.252 e. The zero-order valence-corrected chi connectivity index (χ0v) is 63.3. The smallest absolute Gasteiger partial charge is 0.252 e. The molecule has 0 amide bonds. The van der Waals surface area contributed by atoms with E-state index in [1.54, 1.807) is 0 Å². The van der Waals surface area contributed by atoms with E-state index in [-0.39, 0.29) is 6.71 Å². The highest BCUT2D eigenvalue weighted by Gasteiger charge is 2.49. The van der Waals surface area contributed by atoms with Gasteiger partial charge < -0.3 is 14.7 Å². The van der Waals surface area contributed by atoms with Crippen LogP contribution in [0.1, 0.15) is 0 Å². The summed E-state index contributed by atoms with van der Waals surface area (Å²) in [6.45, 7) is -0.247. The van der Waals surface area contributed by atoms with Crippen molar-refractivity contribution in [2.45, 2.75) is 0 Å². The fourth-order valence-electron chi connectivity index (χ4n) is 18.3. The number of rotatable bonds is 18. The van der Waals surface area contributed by atoms with E-state index >= 15 is 0 Å². The average molecular weight is 1440 g/mol. The lowest BCUT2D eigenvalue weighted by Crippen LogP contribution is -2.75. The Morgan fingerprint density at radius 3 is 0.771 bits per heavy atom. The highest BCUT2D eigenvalue weighted by molar-refractivity contribution is 7.21. The molecule has 2 aliphatic rings. The first-order chi connectivity index (χ1) is 54.1. The zero-order valence-electron chi connectivity index (χ0n) is 60.3. The Morgan fingerprint density at radius 1 is 0.183 bits per heavy atom. The van der Waals surface area contributed by atoms with Gasteiger partial charge in [-0.1, -0.05) is 388 Å². The fourth-order valence-corrected chi connectivity index (χ4v) is 32.6. The number of hydrogen-bond donors (Lipinski definition) is 0. The van der Waals surface area contributed by atoms with Crippen molar-refractivity contribution in [1.29, 1.82) is 0 Å². The van der Waals surface area contributed by atoms with Crippen LogP contribution in [0.3, 0.4) is 0 Å². The maximum absolute atomic E-state index is 3.20. The van der Waals surface area contributed by atoms with Gasteiger partial charge in [-0.05, 0) is 163 Å². The van der Waals surface area contributed by atoms with Crippen LogP contribution in [0.5, 0.6) is 0 Å². The van der Waals surface area contributed by atoms with Crippen LogP contribution in [0.15, 0.2) is 461 Å². The van der Waals surface area contributed by atoms with Crippen LogP contribution in [0, 0.1) is 0 Å². The van der Waals surface area contributed by atoms with Gasteiger partial charge >= 0.3 is 0 Å². The van der Waals surface area contributed by atoms with Gasteiger partial charge in [0, 0.05) is 45.5 Å². The van der Waals surface area contributed by atoms with Crippen LogP contribution < -0.4 is 93.3 Å². The van der Waals surface area contributed by atoms with Gasteiger partial charge in [-0.25, -0.2) is 0 Å². The molecule has 109 heavy (non-hydrogen) atoms. The zero-order chi connectivity index (χ0) is 72.6. The summed E-state index contributed by atoms with van der Waals surface area (Å²) in [6, 6.07) is 175. The van der Waals surface area contributed by atoms with Crippen molar-refractivity contribution < 1.29 is 0 Å². The molecule has 0 bridgehead atoms. The number of hydrogen-bond acceptors (Lipinski definition) is 3. The van der Waals surface area contributed by atoms with E-state index in [4.69, 9.17) is 0 Å². The van der Waals surface area contributed by atoms with E-state index in [1.165, 1.54) is 78.6 Å². The first-order valence-electron chi connectivity index (χ1n) is 37.8. The molecule has 514 valence electrons. The van der Waals surface area contributed by atoms with E-state index in [0.717, 1.165) is 62.3 Å². The molecular formula is C102H76BN3Si3. The number of benzene rings is 17. The molecule has 7 heteroatoms. The minimum atomic E-state index is -3.20. The van der Waals surface area contributed by atoms with Crippen molar-refractivity contribution in [3.8, 4) is 11.1 Å². The number of para-hydroxylation sites is 2. The van der Waals surface area contributed by atoms with Crippen molar-refractivity contribution in [3.63, 3.8) is 0 Å². The summed E-state index contributed by atoms with van der Waals surface area (Å²) in [4.78, 5) is 7.83. The summed E-state index contributed by atoms with van der Waals surface area (Å²) in [5.74, 6) is 0. The van der Waals surface area contributed by atoms with Gasteiger partial charge in [0.2, 0.25) is 0 Å². The molecule has 17 aromatic rings. The average Bonchev–Trinajstić information content (AvgIpc) is 0.687. The fraction of sp³-hybridized carbons (Fsp3) is 0. The van der Waals surface area contributed by atoms with Crippen molar-refractivity contribution >= 4 is 161 Å². The SMILES string of the molecule is c1ccc(-c2ccc3c(c2)N(c2cccc([Si](c4ccccc4)(c4ccccc4)c4ccccc4)c2)c2cc(N(c4ccccc4)c4ccccc4)cc4c2B3c2ccc([Si](c3ccccc3)(c3ccccc3)c3ccccc3)cc2N4c2cccc([Si](c3ccccc3)(c3ccccc3)c3ccccc3)c2)cc1. The summed E-state index contributed by atoms with van der Waals surface area (Å²) in [5, 5.41) is 15.8. The first kappa shape index (κ1) is 66.5. The van der Waals surface area contributed by atoms with Gasteiger partial charge in [-0.2, -0.15) is 0 Å². The van der Waals surface area contributed by atoms with Crippen molar-refractivity contribution in [2.75, 3.05) is 14.7 Å². The van der Waals surface area contributed by atoms with Crippen LogP contribution in [0.4, 0.5) is 51.2 Å². The minimum Gasteiger partial charge on any atom is -0.311 e. The summed E-state index contributed by atoms with van der Waals surface area (Å²) in [6.07, 6.45) is 0. The quantitative estimate of drug-likeness (QED) is 0.0626. The van der Waals surface area contributed by atoms with E-state index in [1.807, 2.05) is 0 Å². The maximum atomic E-state index is 2.70. The Hall–Kier alpha value is -13.1. The second-order valence-corrected chi connectivity index (χ2v) is 40.0. The van der Waals surface area contributed by atoms with Crippen LogP contribution in [-0.4, -0.2) is 30.9 Å². The van der Waals surface area contributed by atoms with Gasteiger partial charge in [-0.15, -0.1) is 0 Å². The van der Waals surface area contributed by atoms with Gasteiger partial charge in [0.25, 0.3) is 6.71 Å². The molecule has 2 heterocycles. The third-order valence-electron chi connectivity index (χ3n) is 22.8. The molecule has 0 unspecified atom stereocenters. The van der Waals surface area contributed by atoms with Crippen LogP contribution >= 0.6 is 0 Å². The first-order valence-corrected chi connectivity index (χ1v) is 43.8. The van der Waals surface area contributed by atoms with Crippen molar-refractivity contribution in [1.82, 2.24) is 0 Å². The van der Waals surface area contributed by atoms with Gasteiger partial charge in [0.1, 0.15) is 0 Å². The third kappa shape index (κ3) is 11.3. The third-order valence-corrected chi connectivity index (χ3v) is 37.1. The molecule has 0 saturated heterocycles. The van der Waals surface area contributed by atoms with E-state index < -0.39 is 24.2 Å². The molecule has 0 radical (unpaired) electrons. The molecule has 17 aromatic carbocycles. The summed E-state index contributed by atoms with van der Waals surface area (Å²) in [7, 11) is -9.46. The Balaban J connectivity index is 0.968. The highest BCUT2D eigenvalue weighted by Crippen LogP contribution is 2.49. The highest BCUT2D eigenvalue weighted by atomic mass is 28.3.